The van der Waals surface area contributed by atoms with Gasteiger partial charge in [-0.3, -0.25) is 0 Å². The Kier molecular flexibility index (Phi) is 2.63. The van der Waals surface area contributed by atoms with E-state index in [-0.39, 0.29) is 0 Å². The van der Waals surface area contributed by atoms with Gasteiger partial charge in [-0.15, -0.1) is 0 Å². The molecule has 0 saturated carbocycles. The Hall–Kier alpha value is 1.57. The van der Waals surface area contributed by atoms with Gasteiger partial charge in [-0.1, -0.05) is 0 Å². The SMILES string of the molecule is [K][c]1cnc[se]1. The second-order valence-electron chi connectivity index (χ2n) is 1.11. The maximum atomic E-state index is 3.95. The van der Waals surface area contributed by atoms with Crippen molar-refractivity contribution >= 4 is 62.0 Å². The Balaban J connectivity index is 3.05. The first-order valence-corrected chi connectivity index (χ1v) is 5.15. The fourth-order valence-electron chi connectivity index (χ4n) is 0.279. The van der Waals surface area contributed by atoms with Crippen LogP contribution in [0.15, 0.2) is 11.3 Å². The zero-order valence-electron chi connectivity index (χ0n) is 3.51. The summed E-state index contributed by atoms with van der Waals surface area (Å²) in [6.07, 6.45) is 2.00. The Labute approximate surface area is 76.5 Å². The molecule has 1 heterocycles. The van der Waals surface area contributed by atoms with E-state index in [1.807, 2.05) is 11.3 Å². The summed E-state index contributed by atoms with van der Waals surface area (Å²) in [5.74, 6) is 0. The van der Waals surface area contributed by atoms with Crippen molar-refractivity contribution in [2.75, 3.05) is 0 Å². The number of hydrogen-bond acceptors (Lipinski definition) is 1. The van der Waals surface area contributed by atoms with E-state index in [4.69, 9.17) is 0 Å². The fourth-order valence-corrected chi connectivity index (χ4v) is 2.23. The van der Waals surface area contributed by atoms with E-state index in [0.717, 1.165) is 49.0 Å². The van der Waals surface area contributed by atoms with Crippen LogP contribution < -0.4 is -1.47 Å². The minimum atomic E-state index is 0.681. The number of aromatic nitrogens is 1. The molecule has 0 radical (unpaired) electrons. The van der Waals surface area contributed by atoms with Crippen LogP contribution in [0.4, 0.5) is 0 Å². The van der Waals surface area contributed by atoms with Crippen molar-refractivity contribution in [1.82, 2.24) is 4.98 Å². The van der Waals surface area contributed by atoms with Gasteiger partial charge in [0.25, 0.3) is 0 Å². The molecule has 0 aliphatic heterocycles. The van der Waals surface area contributed by atoms with Gasteiger partial charge in [0.2, 0.25) is 0 Å². The van der Waals surface area contributed by atoms with Crippen molar-refractivity contribution in [3.8, 4) is 0 Å². The van der Waals surface area contributed by atoms with E-state index in [1.165, 1.54) is 0 Å². The van der Waals surface area contributed by atoms with Crippen LogP contribution in [0.3, 0.4) is 0 Å². The molecule has 1 rings (SSSR count). The molecular weight excluding hydrogens is 168 g/mol. The van der Waals surface area contributed by atoms with Crippen LogP contribution in [0, 0.1) is 0 Å². The van der Waals surface area contributed by atoms with Gasteiger partial charge in [-0.05, 0) is 0 Å². The van der Waals surface area contributed by atoms with Gasteiger partial charge in [0.1, 0.15) is 0 Å². The molecule has 0 spiro atoms. The van der Waals surface area contributed by atoms with Crippen molar-refractivity contribution in [1.29, 1.82) is 0 Å². The molecule has 0 aliphatic rings. The van der Waals surface area contributed by atoms with Gasteiger partial charge in [0.05, 0.1) is 0 Å². The monoisotopic (exact) mass is 171 g/mol. The summed E-state index contributed by atoms with van der Waals surface area (Å²) in [6.45, 7) is 0. The predicted octanol–water partition coefficient (Wildman–Crippen LogP) is -1.07. The molecule has 0 amide bonds. The number of rotatable bonds is 0. The summed E-state index contributed by atoms with van der Waals surface area (Å²) in [6, 6.07) is 0. The van der Waals surface area contributed by atoms with Gasteiger partial charge < -0.3 is 0 Å². The Morgan fingerprint density at radius 3 is 2.83 bits per heavy atom. The topological polar surface area (TPSA) is 12.9 Å². The second-order valence-corrected chi connectivity index (χ2v) is 7.61. The summed E-state index contributed by atoms with van der Waals surface area (Å²) in [7, 11) is 0. The first kappa shape index (κ1) is 5.70. The molecule has 0 fully saturated rings. The van der Waals surface area contributed by atoms with Crippen molar-refractivity contribution in [2.45, 2.75) is 0 Å². The molecule has 0 atom stereocenters. The molecule has 0 bridgehead atoms. The molecule has 6 heavy (non-hydrogen) atoms. The first-order chi connectivity index (χ1) is 2.89. The molecular formula is C3H2KNSe. The van der Waals surface area contributed by atoms with Crippen LogP contribution in [0.5, 0.6) is 0 Å². The minimum absolute atomic E-state index is 0.681. The Bertz CT molecular complexity index is 114. The van der Waals surface area contributed by atoms with Crippen molar-refractivity contribution < 1.29 is 0 Å². The molecule has 0 unspecified atom stereocenters. The number of hydrogen-bond donors (Lipinski definition) is 0. The van der Waals surface area contributed by atoms with Gasteiger partial charge in [-0.2, -0.15) is 0 Å². The average molecular weight is 170 g/mol. The Morgan fingerprint density at radius 1 is 1.83 bits per heavy atom. The fraction of sp³-hybridized carbons (Fsp3) is 0. The van der Waals surface area contributed by atoms with Crippen LogP contribution >= 0.6 is 0 Å². The second kappa shape index (κ2) is 2.77. The van der Waals surface area contributed by atoms with Crippen LogP contribution in [0.25, 0.3) is 0 Å². The maximum absolute atomic E-state index is 3.95. The van der Waals surface area contributed by atoms with E-state index in [0.29, 0.717) is 14.5 Å². The molecule has 3 heteroatoms. The summed E-state index contributed by atoms with van der Waals surface area (Å²) < 4.78 is 1.61. The summed E-state index contributed by atoms with van der Waals surface area (Å²) in [5, 5.41) is 2.02. The molecule has 26 valence electrons. The summed E-state index contributed by atoms with van der Waals surface area (Å²) in [4.78, 5) is 3.95. The van der Waals surface area contributed by atoms with Gasteiger partial charge >= 0.3 is 78.2 Å². The first-order valence-electron chi connectivity index (χ1n) is 1.74. The molecule has 0 saturated heterocycles. The van der Waals surface area contributed by atoms with Crippen LogP contribution in [0.1, 0.15) is 0 Å². The molecule has 1 aromatic heterocycles. The van der Waals surface area contributed by atoms with E-state index >= 15 is 0 Å². The molecule has 1 nitrogen and oxygen atoms in total. The van der Waals surface area contributed by atoms with E-state index < -0.39 is 0 Å². The summed E-state index contributed by atoms with van der Waals surface area (Å²) >= 11 is 1.59. The third-order valence-corrected chi connectivity index (χ3v) is 4.35. The quantitative estimate of drug-likeness (QED) is 0.452. The van der Waals surface area contributed by atoms with Crippen LogP contribution in [-0.2, 0) is 0 Å². The molecule has 0 aromatic carbocycles. The van der Waals surface area contributed by atoms with Gasteiger partial charge in [0, 0.05) is 0 Å². The van der Waals surface area contributed by atoms with E-state index in [9.17, 15) is 0 Å². The van der Waals surface area contributed by atoms with Gasteiger partial charge in [-0.25, -0.2) is 0 Å². The third kappa shape index (κ3) is 1.58. The molecule has 1 aromatic rings. The van der Waals surface area contributed by atoms with Crippen LogP contribution in [-0.4, -0.2) is 68.4 Å². The summed E-state index contributed by atoms with van der Waals surface area (Å²) in [5.41, 5.74) is 0. The standard InChI is InChI=1S/C3H2NSe.K/c1-2-5-3-4-1;/h1,3H;. The zero-order valence-corrected chi connectivity index (χ0v) is 8.35. The normalized spacial score (nSPS) is 9.00. The van der Waals surface area contributed by atoms with Crippen molar-refractivity contribution in [3.05, 3.63) is 11.3 Å². The van der Waals surface area contributed by atoms with E-state index in [2.05, 4.69) is 4.98 Å². The van der Waals surface area contributed by atoms with Crippen molar-refractivity contribution in [3.63, 3.8) is 0 Å². The van der Waals surface area contributed by atoms with Gasteiger partial charge in [0.15, 0.2) is 0 Å². The number of nitrogens with zero attached hydrogens (tertiary/aromatic N) is 1. The third-order valence-electron chi connectivity index (χ3n) is 0.556. The molecule has 0 aliphatic carbocycles. The average Bonchev–Trinajstić information content (AvgIpc) is 1.86. The van der Waals surface area contributed by atoms with E-state index in [1.54, 1.807) is -1.47 Å². The zero-order chi connectivity index (χ0) is 4.41. The van der Waals surface area contributed by atoms with Crippen molar-refractivity contribution in [2.24, 2.45) is 0 Å². The van der Waals surface area contributed by atoms with Crippen LogP contribution in [0.2, 0.25) is 0 Å². The molecule has 0 N–H and O–H groups in total. The Morgan fingerprint density at radius 2 is 2.67 bits per heavy atom. The predicted molar refractivity (Wildman–Crippen MR) is 26.6 cm³/mol.